The molecule has 2 N–H and O–H groups in total. The van der Waals surface area contributed by atoms with Crippen molar-refractivity contribution >= 4 is 11.9 Å². The van der Waals surface area contributed by atoms with Crippen LogP contribution in [0.2, 0.25) is 0 Å². The van der Waals surface area contributed by atoms with Crippen LogP contribution in [0.1, 0.15) is 37.3 Å². The van der Waals surface area contributed by atoms with E-state index in [1.54, 1.807) is 19.0 Å². The summed E-state index contributed by atoms with van der Waals surface area (Å²) < 4.78 is 5.73. The summed E-state index contributed by atoms with van der Waals surface area (Å²) in [6.45, 7) is 1.74. The molecule has 3 rings (SSSR count). The molecular weight excluding hydrogens is 316 g/mol. The van der Waals surface area contributed by atoms with Gasteiger partial charge in [0.1, 0.15) is 12.3 Å². The van der Waals surface area contributed by atoms with Gasteiger partial charge in [0, 0.05) is 32.6 Å². The number of ether oxygens (including phenoxy) is 1. The van der Waals surface area contributed by atoms with Gasteiger partial charge in [0.2, 0.25) is 5.91 Å². The van der Waals surface area contributed by atoms with Crippen molar-refractivity contribution in [3.63, 3.8) is 0 Å². The van der Waals surface area contributed by atoms with Crippen LogP contribution in [-0.2, 0) is 4.79 Å². The number of aliphatic imine (C=N–C) groups is 1. The monoisotopic (exact) mass is 344 g/mol. The zero-order valence-electron chi connectivity index (χ0n) is 15.1. The maximum atomic E-state index is 11.9. The molecule has 1 aliphatic carbocycles. The van der Waals surface area contributed by atoms with Crippen molar-refractivity contribution < 1.29 is 9.53 Å². The summed E-state index contributed by atoms with van der Waals surface area (Å²) >= 11 is 0. The van der Waals surface area contributed by atoms with Crippen LogP contribution in [0.15, 0.2) is 29.3 Å². The van der Waals surface area contributed by atoms with Gasteiger partial charge >= 0.3 is 0 Å². The Morgan fingerprint density at radius 2 is 2.08 bits per heavy atom. The highest BCUT2D eigenvalue weighted by atomic mass is 16.5. The SMILES string of the molecule is CN(C)C(=O)CN=C(NCC1CCC1)NC1CCOc2ccccc21. The molecule has 0 bridgehead atoms. The lowest BCUT2D eigenvalue weighted by Gasteiger charge is -2.30. The summed E-state index contributed by atoms with van der Waals surface area (Å²) in [7, 11) is 3.50. The standard InChI is InChI=1S/C19H28N4O2/c1-23(2)18(24)13-21-19(20-12-14-6-5-7-14)22-16-10-11-25-17-9-4-3-8-15(16)17/h3-4,8-9,14,16H,5-7,10-13H2,1-2H3,(H2,20,21,22). The van der Waals surface area contributed by atoms with E-state index in [1.807, 2.05) is 18.2 Å². The molecule has 0 radical (unpaired) electrons. The zero-order chi connectivity index (χ0) is 17.6. The van der Waals surface area contributed by atoms with Crippen molar-refractivity contribution in [3.05, 3.63) is 29.8 Å². The second kappa shape index (κ2) is 8.23. The number of carbonyl (C=O) groups excluding carboxylic acids is 1. The molecule has 1 heterocycles. The second-order valence-electron chi connectivity index (χ2n) is 7.00. The number of fused-ring (bicyclic) bond motifs is 1. The number of likely N-dealkylation sites (N-methyl/N-ethyl adjacent to an activating group) is 1. The number of carbonyl (C=O) groups is 1. The summed E-state index contributed by atoms with van der Waals surface area (Å²) in [6.07, 6.45) is 4.75. The molecule has 1 unspecified atom stereocenters. The van der Waals surface area contributed by atoms with Crippen LogP contribution >= 0.6 is 0 Å². The minimum Gasteiger partial charge on any atom is -0.493 e. The molecule has 6 heteroatoms. The normalized spacial score (nSPS) is 20.1. The van der Waals surface area contributed by atoms with Crippen LogP contribution in [-0.4, -0.2) is 50.6 Å². The highest BCUT2D eigenvalue weighted by Crippen LogP contribution is 2.31. The highest BCUT2D eigenvalue weighted by molar-refractivity contribution is 5.85. The lowest BCUT2D eigenvalue weighted by Crippen LogP contribution is -2.44. The van der Waals surface area contributed by atoms with Gasteiger partial charge in [-0.15, -0.1) is 0 Å². The fourth-order valence-corrected chi connectivity index (χ4v) is 3.04. The lowest BCUT2D eigenvalue weighted by molar-refractivity contribution is -0.127. The van der Waals surface area contributed by atoms with Gasteiger partial charge in [0.25, 0.3) is 0 Å². The van der Waals surface area contributed by atoms with Gasteiger partial charge in [0.15, 0.2) is 5.96 Å². The number of hydrogen-bond acceptors (Lipinski definition) is 3. The number of nitrogens with zero attached hydrogens (tertiary/aromatic N) is 2. The molecule has 1 aliphatic heterocycles. The second-order valence-corrected chi connectivity index (χ2v) is 7.00. The van der Waals surface area contributed by atoms with E-state index < -0.39 is 0 Å². The van der Waals surface area contributed by atoms with E-state index in [9.17, 15) is 4.79 Å². The Labute approximate surface area is 149 Å². The van der Waals surface area contributed by atoms with Crippen LogP contribution in [0, 0.1) is 5.92 Å². The average molecular weight is 344 g/mol. The van der Waals surface area contributed by atoms with Gasteiger partial charge in [-0.1, -0.05) is 24.6 Å². The molecule has 1 fully saturated rings. The first kappa shape index (κ1) is 17.6. The molecule has 25 heavy (non-hydrogen) atoms. The highest BCUT2D eigenvalue weighted by Gasteiger charge is 2.23. The van der Waals surface area contributed by atoms with Gasteiger partial charge in [-0.3, -0.25) is 4.79 Å². The molecule has 136 valence electrons. The van der Waals surface area contributed by atoms with Gasteiger partial charge in [-0.25, -0.2) is 4.99 Å². The van der Waals surface area contributed by atoms with Crippen molar-refractivity contribution in [2.24, 2.45) is 10.9 Å². The molecule has 1 atom stereocenters. The minimum atomic E-state index is -0.00267. The average Bonchev–Trinajstić information content (AvgIpc) is 2.58. The van der Waals surface area contributed by atoms with Crippen LogP contribution < -0.4 is 15.4 Å². The van der Waals surface area contributed by atoms with Crippen molar-refractivity contribution in [1.29, 1.82) is 0 Å². The van der Waals surface area contributed by atoms with Gasteiger partial charge in [-0.05, 0) is 24.8 Å². The van der Waals surface area contributed by atoms with E-state index in [0.717, 1.165) is 30.2 Å². The summed E-state index contributed by atoms with van der Waals surface area (Å²) in [4.78, 5) is 18.0. The summed E-state index contributed by atoms with van der Waals surface area (Å²) in [5.74, 6) is 2.36. The Morgan fingerprint density at radius 3 is 2.80 bits per heavy atom. The summed E-state index contributed by atoms with van der Waals surface area (Å²) in [6, 6.07) is 8.24. The maximum Gasteiger partial charge on any atom is 0.243 e. The number of nitrogens with one attached hydrogen (secondary N) is 2. The first-order valence-corrected chi connectivity index (χ1v) is 9.10. The molecule has 0 spiro atoms. The largest absolute Gasteiger partial charge is 0.493 e. The first-order chi connectivity index (χ1) is 12.1. The summed E-state index contributed by atoms with van der Waals surface area (Å²) in [5.41, 5.74) is 1.14. The molecule has 1 saturated carbocycles. The Morgan fingerprint density at radius 1 is 1.28 bits per heavy atom. The van der Waals surface area contributed by atoms with Crippen LogP contribution in [0.5, 0.6) is 5.75 Å². The van der Waals surface area contributed by atoms with Crippen molar-refractivity contribution in [2.45, 2.75) is 31.7 Å². The van der Waals surface area contributed by atoms with Crippen molar-refractivity contribution in [1.82, 2.24) is 15.5 Å². The fraction of sp³-hybridized carbons (Fsp3) is 0.579. The zero-order valence-corrected chi connectivity index (χ0v) is 15.1. The van der Waals surface area contributed by atoms with Crippen LogP contribution in [0.3, 0.4) is 0 Å². The third-order valence-corrected chi connectivity index (χ3v) is 4.92. The number of guanidine groups is 1. The van der Waals surface area contributed by atoms with E-state index in [-0.39, 0.29) is 18.5 Å². The predicted molar refractivity (Wildman–Crippen MR) is 98.8 cm³/mol. The number of benzene rings is 1. The fourth-order valence-electron chi connectivity index (χ4n) is 3.04. The van der Waals surface area contributed by atoms with E-state index in [4.69, 9.17) is 4.74 Å². The number of amides is 1. The van der Waals surface area contributed by atoms with Crippen LogP contribution in [0.25, 0.3) is 0 Å². The van der Waals surface area contributed by atoms with Gasteiger partial charge in [-0.2, -0.15) is 0 Å². The van der Waals surface area contributed by atoms with E-state index in [1.165, 1.54) is 19.3 Å². The Hall–Kier alpha value is -2.24. The third-order valence-electron chi connectivity index (χ3n) is 4.92. The molecule has 2 aliphatic rings. The lowest BCUT2D eigenvalue weighted by atomic mass is 9.85. The molecule has 6 nitrogen and oxygen atoms in total. The quantitative estimate of drug-likeness (QED) is 0.633. The molecule has 1 aromatic rings. The van der Waals surface area contributed by atoms with E-state index in [0.29, 0.717) is 12.6 Å². The Kier molecular flexibility index (Phi) is 5.79. The molecule has 1 aromatic carbocycles. The number of hydrogen-bond donors (Lipinski definition) is 2. The van der Waals surface area contributed by atoms with E-state index >= 15 is 0 Å². The van der Waals surface area contributed by atoms with Crippen LogP contribution in [0.4, 0.5) is 0 Å². The van der Waals surface area contributed by atoms with Crippen molar-refractivity contribution in [3.8, 4) is 5.75 Å². The molecule has 1 amide bonds. The smallest absolute Gasteiger partial charge is 0.243 e. The molecule has 0 saturated heterocycles. The number of rotatable bonds is 5. The van der Waals surface area contributed by atoms with Gasteiger partial charge < -0.3 is 20.3 Å². The maximum absolute atomic E-state index is 11.9. The van der Waals surface area contributed by atoms with E-state index in [2.05, 4.69) is 21.7 Å². The topological polar surface area (TPSA) is 66.0 Å². The number of para-hydroxylation sites is 1. The Bertz CT molecular complexity index is 626. The third kappa shape index (κ3) is 4.65. The minimum absolute atomic E-state index is 0.00267. The van der Waals surface area contributed by atoms with Gasteiger partial charge in [0.05, 0.1) is 12.6 Å². The molecule has 0 aromatic heterocycles. The van der Waals surface area contributed by atoms with Crippen molar-refractivity contribution in [2.75, 3.05) is 33.8 Å². The predicted octanol–water partition coefficient (Wildman–Crippen LogP) is 1.93. The Balaban J connectivity index is 1.68. The first-order valence-electron chi connectivity index (χ1n) is 9.10. The summed E-state index contributed by atoms with van der Waals surface area (Å²) in [5, 5.41) is 6.92. The molecular formula is C19H28N4O2.